The van der Waals surface area contributed by atoms with Crippen molar-refractivity contribution in [3.8, 4) is 0 Å². The number of hydrogen-bond acceptors (Lipinski definition) is 4. The summed E-state index contributed by atoms with van der Waals surface area (Å²) in [5.41, 5.74) is 4.55. The van der Waals surface area contributed by atoms with Gasteiger partial charge in [-0.1, -0.05) is 24.3 Å². The predicted molar refractivity (Wildman–Crippen MR) is 112 cm³/mol. The maximum absolute atomic E-state index is 13.0. The molecule has 2 aliphatic rings. The minimum absolute atomic E-state index is 0.107. The van der Waals surface area contributed by atoms with Gasteiger partial charge in [-0.2, -0.15) is 0 Å². The van der Waals surface area contributed by atoms with Crippen LogP contribution in [0.5, 0.6) is 0 Å². The molecule has 1 aromatic carbocycles. The van der Waals surface area contributed by atoms with E-state index in [9.17, 15) is 4.79 Å². The molecule has 1 amide bonds. The molecule has 4 rings (SSSR count). The first kappa shape index (κ1) is 21.0. The van der Waals surface area contributed by atoms with Crippen LogP contribution in [-0.4, -0.2) is 46.5 Å². The minimum atomic E-state index is -0.833. The molecule has 0 radical (unpaired) electrons. The smallest absolute Gasteiger partial charge is 0.300 e. The third-order valence-electron chi connectivity index (χ3n) is 5.37. The van der Waals surface area contributed by atoms with Crippen LogP contribution in [0.25, 0.3) is 0 Å². The second-order valence-electron chi connectivity index (χ2n) is 7.76. The highest BCUT2D eigenvalue weighted by Gasteiger charge is 2.21. The van der Waals surface area contributed by atoms with Crippen LogP contribution in [0.4, 0.5) is 0 Å². The van der Waals surface area contributed by atoms with Gasteiger partial charge in [-0.25, -0.2) is 0 Å². The van der Waals surface area contributed by atoms with Crippen molar-refractivity contribution in [3.63, 3.8) is 0 Å². The van der Waals surface area contributed by atoms with Crippen molar-refractivity contribution in [3.05, 3.63) is 65.0 Å². The van der Waals surface area contributed by atoms with Gasteiger partial charge in [0.25, 0.3) is 11.9 Å². The van der Waals surface area contributed by atoms with E-state index in [2.05, 4.69) is 34.6 Å². The van der Waals surface area contributed by atoms with Crippen LogP contribution in [0, 0.1) is 5.92 Å². The number of carbonyl (C=O) groups is 2. The van der Waals surface area contributed by atoms with Crippen LogP contribution in [-0.2, 0) is 24.2 Å². The second-order valence-corrected chi connectivity index (χ2v) is 7.76. The Kier molecular flexibility index (Phi) is 7.36. The highest BCUT2D eigenvalue weighted by Crippen LogP contribution is 2.21. The second kappa shape index (κ2) is 10.2. The van der Waals surface area contributed by atoms with Crippen molar-refractivity contribution in [2.45, 2.75) is 39.2 Å². The maximum atomic E-state index is 13.0. The lowest BCUT2D eigenvalue weighted by Crippen LogP contribution is -2.30. The minimum Gasteiger partial charge on any atom is -0.481 e. The zero-order chi connectivity index (χ0) is 20.6. The molecule has 2 aromatic rings. The van der Waals surface area contributed by atoms with E-state index in [-0.39, 0.29) is 5.91 Å². The Hall–Kier alpha value is -2.73. The summed E-state index contributed by atoms with van der Waals surface area (Å²) in [6, 6.07) is 10.5. The number of benzene rings is 1. The molecule has 1 fully saturated rings. The predicted octanol–water partition coefficient (Wildman–Crippen LogP) is 2.91. The molecule has 1 saturated heterocycles. The lowest BCUT2D eigenvalue weighted by molar-refractivity contribution is -0.134. The number of carbonyl (C=O) groups excluding carboxylic acids is 1. The van der Waals surface area contributed by atoms with E-state index in [1.165, 1.54) is 23.1 Å². The van der Waals surface area contributed by atoms with Gasteiger partial charge in [0.2, 0.25) is 0 Å². The molecule has 3 heterocycles. The molecule has 1 unspecified atom stereocenters. The number of aryl methyl sites for hydroxylation is 1. The van der Waals surface area contributed by atoms with Gasteiger partial charge in [0.05, 0.1) is 5.56 Å². The lowest BCUT2D eigenvalue weighted by Gasteiger charge is -2.21. The molecule has 29 heavy (non-hydrogen) atoms. The largest absolute Gasteiger partial charge is 0.481 e. The first-order chi connectivity index (χ1) is 14.0. The van der Waals surface area contributed by atoms with E-state index >= 15 is 0 Å². The SMILES string of the molecule is CC(=O)O.O=C(c1cncc(CC2CCNC2)c1)N1CCCc2ccccc2C1. The van der Waals surface area contributed by atoms with Gasteiger partial charge in [0, 0.05) is 32.4 Å². The number of carboxylic acids is 1. The van der Waals surface area contributed by atoms with Gasteiger partial charge in [-0.05, 0) is 67.4 Å². The fourth-order valence-corrected chi connectivity index (χ4v) is 3.99. The monoisotopic (exact) mass is 395 g/mol. The molecule has 1 atom stereocenters. The first-order valence-corrected chi connectivity index (χ1v) is 10.2. The number of nitrogens with zero attached hydrogens (tertiary/aromatic N) is 2. The molecular formula is C23H29N3O3. The summed E-state index contributed by atoms with van der Waals surface area (Å²) >= 11 is 0. The van der Waals surface area contributed by atoms with Gasteiger partial charge in [-0.3, -0.25) is 14.6 Å². The van der Waals surface area contributed by atoms with Crippen molar-refractivity contribution >= 4 is 11.9 Å². The summed E-state index contributed by atoms with van der Waals surface area (Å²) in [5, 5.41) is 10.8. The zero-order valence-corrected chi connectivity index (χ0v) is 16.9. The van der Waals surface area contributed by atoms with E-state index in [0.29, 0.717) is 12.5 Å². The first-order valence-electron chi connectivity index (χ1n) is 10.2. The van der Waals surface area contributed by atoms with Gasteiger partial charge in [0.1, 0.15) is 0 Å². The van der Waals surface area contributed by atoms with Crippen LogP contribution < -0.4 is 5.32 Å². The van der Waals surface area contributed by atoms with Crippen LogP contribution in [0.1, 0.15) is 46.8 Å². The van der Waals surface area contributed by atoms with Gasteiger partial charge >= 0.3 is 0 Å². The molecule has 0 saturated carbocycles. The Morgan fingerprint density at radius 1 is 1.24 bits per heavy atom. The van der Waals surface area contributed by atoms with Crippen LogP contribution >= 0.6 is 0 Å². The third-order valence-corrected chi connectivity index (χ3v) is 5.37. The summed E-state index contributed by atoms with van der Waals surface area (Å²) in [7, 11) is 0. The molecule has 2 N–H and O–H groups in total. The normalized spacial score (nSPS) is 18.2. The number of nitrogens with one attached hydrogen (secondary N) is 1. The lowest BCUT2D eigenvalue weighted by atomic mass is 9.99. The van der Waals surface area contributed by atoms with Crippen LogP contribution in [0.2, 0.25) is 0 Å². The summed E-state index contributed by atoms with van der Waals surface area (Å²) in [5.74, 6) is -0.0622. The molecule has 154 valence electrons. The average molecular weight is 396 g/mol. The molecule has 0 spiro atoms. The summed E-state index contributed by atoms with van der Waals surface area (Å²) in [6.07, 6.45) is 7.91. The number of amides is 1. The van der Waals surface area contributed by atoms with Crippen LogP contribution in [0.15, 0.2) is 42.7 Å². The summed E-state index contributed by atoms with van der Waals surface area (Å²) in [4.78, 5) is 28.3. The van der Waals surface area contributed by atoms with Crippen molar-refractivity contribution in [1.82, 2.24) is 15.2 Å². The van der Waals surface area contributed by atoms with Crippen molar-refractivity contribution < 1.29 is 14.7 Å². The average Bonchev–Trinajstić information content (AvgIpc) is 3.11. The Balaban J connectivity index is 0.000000552. The molecule has 1 aromatic heterocycles. The van der Waals surface area contributed by atoms with E-state index in [1.807, 2.05) is 17.2 Å². The number of fused-ring (bicyclic) bond motifs is 1. The Morgan fingerprint density at radius 2 is 2.00 bits per heavy atom. The van der Waals surface area contributed by atoms with E-state index in [0.717, 1.165) is 51.4 Å². The standard InChI is InChI=1S/C21H25N3O.C2H4O2/c25-21(24-9-3-6-18-4-1-2-5-19(18)15-24)20-11-17(13-23-14-20)10-16-7-8-22-12-16;1-2(3)4/h1-2,4-5,11,13-14,16,22H,3,6-10,12,15H2;1H3,(H,3,4). The fourth-order valence-electron chi connectivity index (χ4n) is 3.99. The Labute approximate surface area is 172 Å². The zero-order valence-electron chi connectivity index (χ0n) is 16.9. The van der Waals surface area contributed by atoms with Gasteiger partial charge in [-0.15, -0.1) is 0 Å². The molecule has 0 bridgehead atoms. The van der Waals surface area contributed by atoms with E-state index in [4.69, 9.17) is 9.90 Å². The maximum Gasteiger partial charge on any atom is 0.300 e. The van der Waals surface area contributed by atoms with Gasteiger partial charge < -0.3 is 15.3 Å². The fraction of sp³-hybridized carbons (Fsp3) is 0.435. The number of pyridine rings is 1. The highest BCUT2D eigenvalue weighted by atomic mass is 16.4. The number of carboxylic acid groups (broad SMARTS) is 1. The third kappa shape index (κ3) is 6.12. The van der Waals surface area contributed by atoms with E-state index in [1.54, 1.807) is 6.20 Å². The van der Waals surface area contributed by atoms with Crippen LogP contribution in [0.3, 0.4) is 0 Å². The topological polar surface area (TPSA) is 82.5 Å². The van der Waals surface area contributed by atoms with Gasteiger partial charge in [0.15, 0.2) is 0 Å². The number of aromatic nitrogens is 1. The molecule has 0 aliphatic carbocycles. The molecular weight excluding hydrogens is 366 g/mol. The number of aliphatic carboxylic acids is 1. The highest BCUT2D eigenvalue weighted by molar-refractivity contribution is 5.94. The molecule has 6 nitrogen and oxygen atoms in total. The number of hydrogen-bond donors (Lipinski definition) is 2. The van der Waals surface area contributed by atoms with E-state index < -0.39 is 5.97 Å². The number of rotatable bonds is 3. The molecule has 2 aliphatic heterocycles. The quantitative estimate of drug-likeness (QED) is 0.835. The molecule has 6 heteroatoms. The summed E-state index contributed by atoms with van der Waals surface area (Å²) in [6.45, 7) is 4.76. The van der Waals surface area contributed by atoms with Crippen molar-refractivity contribution in [2.24, 2.45) is 5.92 Å². The Morgan fingerprint density at radius 3 is 2.72 bits per heavy atom. The summed E-state index contributed by atoms with van der Waals surface area (Å²) < 4.78 is 0. The Bertz CT molecular complexity index is 843. The van der Waals surface area contributed by atoms with Crippen molar-refractivity contribution in [2.75, 3.05) is 19.6 Å². The van der Waals surface area contributed by atoms with Crippen molar-refractivity contribution in [1.29, 1.82) is 0 Å².